The molecule has 3 aliphatic rings. The Bertz CT molecular complexity index is 1430. The highest BCUT2D eigenvalue weighted by atomic mass is 35.5. The smallest absolute Gasteiger partial charge is 0.222 e. The van der Waals surface area contributed by atoms with Gasteiger partial charge in [-0.2, -0.15) is 0 Å². The summed E-state index contributed by atoms with van der Waals surface area (Å²) in [6.07, 6.45) is 2.80. The highest BCUT2D eigenvalue weighted by Gasteiger charge is 2.32. The van der Waals surface area contributed by atoms with E-state index in [1.807, 2.05) is 31.2 Å². The van der Waals surface area contributed by atoms with E-state index >= 15 is 0 Å². The first-order chi connectivity index (χ1) is 20.4. The van der Waals surface area contributed by atoms with Crippen LogP contribution >= 0.6 is 22.9 Å². The number of hydrogen-bond acceptors (Lipinski definition) is 8. The SMILES string of the molecule is Cc1sc2c(c1C)C(c1ccc(Cl)cc1)=N[C@@H](CC(=O)NCCN1CCN(CC3CCNCC3)CC1)c1nnc(C)n1-2. The Kier molecular flexibility index (Phi) is 9.07. The Labute approximate surface area is 257 Å². The molecule has 0 unspecified atom stereocenters. The van der Waals surface area contributed by atoms with Crippen LogP contribution in [0.3, 0.4) is 0 Å². The van der Waals surface area contributed by atoms with Crippen LogP contribution in [0.2, 0.25) is 5.02 Å². The molecule has 2 N–H and O–H groups in total. The number of carbonyl (C=O) groups excluding carboxylic acids is 1. The highest BCUT2D eigenvalue weighted by Crippen LogP contribution is 2.39. The van der Waals surface area contributed by atoms with E-state index in [-0.39, 0.29) is 12.3 Å². The number of amides is 1. The summed E-state index contributed by atoms with van der Waals surface area (Å²) in [7, 11) is 0. The minimum atomic E-state index is -0.449. The lowest BCUT2D eigenvalue weighted by atomic mass is 9.97. The minimum Gasteiger partial charge on any atom is -0.355 e. The van der Waals surface area contributed by atoms with Crippen LogP contribution in [-0.2, 0) is 4.79 Å². The lowest BCUT2D eigenvalue weighted by Crippen LogP contribution is -2.50. The molecule has 224 valence electrons. The van der Waals surface area contributed by atoms with E-state index in [1.165, 1.54) is 29.8 Å². The van der Waals surface area contributed by atoms with Gasteiger partial charge in [0.25, 0.3) is 0 Å². The number of benzene rings is 1. The predicted octanol–water partition coefficient (Wildman–Crippen LogP) is 3.92. The van der Waals surface area contributed by atoms with Gasteiger partial charge < -0.3 is 15.5 Å². The maximum Gasteiger partial charge on any atom is 0.222 e. The molecule has 3 aromatic rings. The Balaban J connectivity index is 1.12. The van der Waals surface area contributed by atoms with Crippen LogP contribution in [-0.4, -0.2) is 95.1 Å². The van der Waals surface area contributed by atoms with E-state index in [4.69, 9.17) is 16.6 Å². The summed E-state index contributed by atoms with van der Waals surface area (Å²) in [5.41, 5.74) is 4.10. The number of fused-ring (bicyclic) bond motifs is 3. The summed E-state index contributed by atoms with van der Waals surface area (Å²) in [6.45, 7) is 15.6. The number of thiophene rings is 1. The molecule has 5 heterocycles. The average Bonchev–Trinajstić information content (AvgIpc) is 3.47. The summed E-state index contributed by atoms with van der Waals surface area (Å²) in [4.78, 5) is 24.8. The number of aryl methyl sites for hydroxylation is 2. The summed E-state index contributed by atoms with van der Waals surface area (Å²) < 4.78 is 2.09. The molecule has 0 aliphatic carbocycles. The molecule has 9 nitrogen and oxygen atoms in total. The van der Waals surface area contributed by atoms with Gasteiger partial charge in [0.05, 0.1) is 12.1 Å². The van der Waals surface area contributed by atoms with Crippen LogP contribution in [0, 0.1) is 26.7 Å². The number of aromatic nitrogens is 3. The fourth-order valence-corrected chi connectivity index (χ4v) is 7.70. The maximum absolute atomic E-state index is 13.3. The monoisotopic (exact) mass is 608 g/mol. The number of rotatable bonds is 8. The summed E-state index contributed by atoms with van der Waals surface area (Å²) in [6, 6.07) is 7.33. The first-order valence-corrected chi connectivity index (χ1v) is 16.4. The van der Waals surface area contributed by atoms with Crippen molar-refractivity contribution in [3.8, 4) is 5.00 Å². The number of piperidine rings is 1. The fraction of sp³-hybridized carbons (Fsp3) is 0.548. The van der Waals surface area contributed by atoms with Crippen LogP contribution in [0.25, 0.3) is 5.00 Å². The van der Waals surface area contributed by atoms with Gasteiger partial charge in [0, 0.05) is 66.8 Å². The van der Waals surface area contributed by atoms with E-state index < -0.39 is 6.04 Å². The van der Waals surface area contributed by atoms with Crippen molar-refractivity contribution in [1.29, 1.82) is 0 Å². The molecular formula is C31H41ClN8OS. The number of carbonyl (C=O) groups is 1. The van der Waals surface area contributed by atoms with Crippen LogP contribution < -0.4 is 10.6 Å². The largest absolute Gasteiger partial charge is 0.355 e. The van der Waals surface area contributed by atoms with Crippen molar-refractivity contribution in [2.45, 2.75) is 46.1 Å². The second kappa shape index (κ2) is 12.9. The third-order valence-electron chi connectivity index (χ3n) is 8.93. The molecule has 2 fully saturated rings. The van der Waals surface area contributed by atoms with E-state index in [0.29, 0.717) is 17.4 Å². The van der Waals surface area contributed by atoms with Gasteiger partial charge in [-0.15, -0.1) is 21.5 Å². The van der Waals surface area contributed by atoms with Crippen molar-refractivity contribution in [1.82, 2.24) is 35.2 Å². The molecule has 0 saturated carbocycles. The molecule has 1 amide bonds. The van der Waals surface area contributed by atoms with Gasteiger partial charge in [-0.1, -0.05) is 23.7 Å². The lowest BCUT2D eigenvalue weighted by molar-refractivity contribution is -0.121. The van der Waals surface area contributed by atoms with Crippen LogP contribution in [0.5, 0.6) is 0 Å². The van der Waals surface area contributed by atoms with Gasteiger partial charge in [0.2, 0.25) is 5.91 Å². The van der Waals surface area contributed by atoms with Gasteiger partial charge in [-0.25, -0.2) is 0 Å². The Morgan fingerprint density at radius 2 is 1.76 bits per heavy atom. The highest BCUT2D eigenvalue weighted by molar-refractivity contribution is 7.15. The van der Waals surface area contributed by atoms with Crippen LogP contribution in [0.15, 0.2) is 29.3 Å². The second-order valence-corrected chi connectivity index (χ2v) is 13.4. The first kappa shape index (κ1) is 29.4. The van der Waals surface area contributed by atoms with E-state index in [2.05, 4.69) is 49.0 Å². The normalized spacial score (nSPS) is 20.1. The Hall–Kier alpha value is -2.63. The average molecular weight is 609 g/mol. The zero-order valence-electron chi connectivity index (χ0n) is 24.8. The van der Waals surface area contributed by atoms with Crippen LogP contribution in [0.4, 0.5) is 0 Å². The summed E-state index contributed by atoms with van der Waals surface area (Å²) in [5, 5.41) is 17.3. The number of nitrogens with one attached hydrogen (secondary N) is 2. The predicted molar refractivity (Wildman–Crippen MR) is 169 cm³/mol. The molecule has 0 bridgehead atoms. The molecule has 2 saturated heterocycles. The molecule has 3 aliphatic heterocycles. The van der Waals surface area contributed by atoms with Crippen molar-refractivity contribution in [2.75, 3.05) is 58.9 Å². The van der Waals surface area contributed by atoms with Crippen molar-refractivity contribution >= 4 is 34.6 Å². The minimum absolute atomic E-state index is 0.0193. The third kappa shape index (κ3) is 6.33. The number of hydrogen-bond donors (Lipinski definition) is 2. The van der Waals surface area contributed by atoms with Gasteiger partial charge in [-0.05, 0) is 70.3 Å². The Morgan fingerprint density at radius 3 is 2.50 bits per heavy atom. The molecule has 0 radical (unpaired) electrons. The fourth-order valence-electron chi connectivity index (χ4n) is 6.36. The quantitative estimate of drug-likeness (QED) is 0.403. The van der Waals surface area contributed by atoms with Gasteiger partial charge in [0.15, 0.2) is 5.82 Å². The standard InChI is InChI=1S/C31H41ClN8OS/c1-20-21(2)42-31-28(20)29(24-4-6-25(32)7-5-24)35-26(30-37-36-22(3)40(30)31)18-27(41)34-12-13-38-14-16-39(17-15-38)19-23-8-10-33-11-9-23/h4-7,23,26,33H,8-19H2,1-3H3,(H,34,41)/t26-/m0/s1. The number of halogens is 1. The first-order valence-electron chi connectivity index (χ1n) is 15.2. The number of piperazine rings is 1. The molecule has 11 heteroatoms. The van der Waals surface area contributed by atoms with Crippen molar-refractivity contribution in [3.63, 3.8) is 0 Å². The molecule has 1 atom stereocenters. The van der Waals surface area contributed by atoms with E-state index in [9.17, 15) is 4.79 Å². The molecule has 1 aromatic carbocycles. The topological polar surface area (TPSA) is 90.7 Å². The molecule has 6 rings (SSSR count). The zero-order valence-corrected chi connectivity index (χ0v) is 26.4. The molecule has 2 aromatic heterocycles. The third-order valence-corrected chi connectivity index (χ3v) is 10.4. The molecule has 42 heavy (non-hydrogen) atoms. The van der Waals surface area contributed by atoms with Gasteiger partial charge in [0.1, 0.15) is 16.9 Å². The van der Waals surface area contributed by atoms with Crippen molar-refractivity contribution < 1.29 is 4.79 Å². The summed E-state index contributed by atoms with van der Waals surface area (Å²) in [5.74, 6) is 2.32. The van der Waals surface area contributed by atoms with Gasteiger partial charge >= 0.3 is 0 Å². The zero-order chi connectivity index (χ0) is 29.2. The van der Waals surface area contributed by atoms with Crippen molar-refractivity contribution in [3.05, 3.63) is 62.5 Å². The second-order valence-electron chi connectivity index (χ2n) is 11.8. The number of nitrogens with zero attached hydrogens (tertiary/aromatic N) is 6. The molecule has 0 spiro atoms. The van der Waals surface area contributed by atoms with Gasteiger partial charge in [-0.3, -0.25) is 19.3 Å². The number of aliphatic imine (C=N–C) groups is 1. The van der Waals surface area contributed by atoms with E-state index in [0.717, 1.165) is 79.4 Å². The molecular weight excluding hydrogens is 568 g/mol. The van der Waals surface area contributed by atoms with Crippen LogP contribution in [0.1, 0.15) is 58.5 Å². The lowest BCUT2D eigenvalue weighted by Gasteiger charge is -2.37. The van der Waals surface area contributed by atoms with Crippen molar-refractivity contribution in [2.24, 2.45) is 10.9 Å². The van der Waals surface area contributed by atoms with E-state index in [1.54, 1.807) is 11.3 Å². The Morgan fingerprint density at radius 1 is 1.05 bits per heavy atom. The maximum atomic E-state index is 13.3. The summed E-state index contributed by atoms with van der Waals surface area (Å²) >= 11 is 7.94.